The Morgan fingerprint density at radius 2 is 1.71 bits per heavy atom. The maximum Gasteiger partial charge on any atom is 0.572 e. The number of hydrogen-bond donors (Lipinski definition) is 2. The number of allylic oxidation sites excluding steroid dienone is 6. The summed E-state index contributed by atoms with van der Waals surface area (Å²) in [6.45, 7) is 30.1. The summed E-state index contributed by atoms with van der Waals surface area (Å²) in [5, 5.41) is 11.4. The van der Waals surface area contributed by atoms with E-state index in [0.29, 0.717) is 25.0 Å². The molecule has 1 aromatic carbocycles. The number of aliphatic imine (C=N–C) groups is 1. The van der Waals surface area contributed by atoms with Crippen molar-refractivity contribution in [3.63, 3.8) is 0 Å². The predicted octanol–water partition coefficient (Wildman–Crippen LogP) is 12.7. The first-order chi connectivity index (χ1) is 31.7. The van der Waals surface area contributed by atoms with E-state index in [9.17, 15) is 18.0 Å². The van der Waals surface area contributed by atoms with E-state index in [-0.39, 0.29) is 36.0 Å². The molecular weight excluding hydrogens is 836 g/mol. The van der Waals surface area contributed by atoms with Gasteiger partial charge in [-0.15, -0.1) is 26.3 Å². The molecule has 0 bridgehead atoms. The van der Waals surface area contributed by atoms with Crippen LogP contribution in [0.25, 0.3) is 11.1 Å². The van der Waals surface area contributed by atoms with E-state index < -0.39 is 6.36 Å². The topological polar surface area (TPSA) is 85.3 Å². The Labute approximate surface area is 397 Å². The Bertz CT molecular complexity index is 1860. The maximum absolute atomic E-state index is 13.2. The molecule has 2 aromatic rings. The molecule has 1 amide bonds. The molecule has 1 saturated heterocycles. The number of amidine groups is 1. The highest BCUT2D eigenvalue weighted by atomic mass is 19.4. The molecule has 9 nitrogen and oxygen atoms in total. The number of pyridine rings is 1. The Hall–Kier alpha value is -5.20. The molecule has 366 valence electrons. The average Bonchev–Trinajstić information content (AvgIpc) is 3.29. The molecule has 2 N–H and O–H groups in total. The molecule has 1 fully saturated rings. The van der Waals surface area contributed by atoms with Crippen LogP contribution in [0.1, 0.15) is 101 Å². The maximum atomic E-state index is 13.2. The molecule has 0 spiro atoms. The summed E-state index contributed by atoms with van der Waals surface area (Å²) in [7, 11) is 2.12. The quantitative estimate of drug-likeness (QED) is 0.0628. The summed E-state index contributed by atoms with van der Waals surface area (Å²) in [6, 6.07) is 12.7. The van der Waals surface area contributed by atoms with Crippen molar-refractivity contribution in [3.8, 4) is 11.1 Å². The van der Waals surface area contributed by atoms with Gasteiger partial charge in [0.05, 0.1) is 12.2 Å². The molecule has 0 saturated carbocycles. The van der Waals surface area contributed by atoms with Crippen LogP contribution in [0.15, 0.2) is 139 Å². The van der Waals surface area contributed by atoms with Crippen LogP contribution in [0.2, 0.25) is 0 Å². The third-order valence-corrected chi connectivity index (χ3v) is 10.5. The molecule has 4 rings (SSSR count). The van der Waals surface area contributed by atoms with Crippen LogP contribution in [0.5, 0.6) is 0 Å². The van der Waals surface area contributed by atoms with Crippen molar-refractivity contribution in [1.29, 1.82) is 0 Å². The van der Waals surface area contributed by atoms with Crippen LogP contribution in [0, 0.1) is 11.8 Å². The monoisotopic (exact) mass is 918 g/mol. The van der Waals surface area contributed by atoms with Crippen molar-refractivity contribution in [2.45, 2.75) is 113 Å². The number of anilines is 1. The number of piperidine rings is 1. The average molecular weight is 918 g/mol. The van der Waals surface area contributed by atoms with Gasteiger partial charge < -0.3 is 25.3 Å². The first kappa shape index (κ1) is 58.8. The molecule has 2 unspecified atom stereocenters. The predicted molar refractivity (Wildman–Crippen MR) is 274 cm³/mol. The number of likely N-dealkylation sites (tertiary alicyclic amines) is 1. The summed E-state index contributed by atoms with van der Waals surface area (Å²) in [5.74, 6) is 1.07. The van der Waals surface area contributed by atoms with Gasteiger partial charge in [0.1, 0.15) is 11.6 Å². The number of carbonyl (C=O) groups excluding carboxylic acids is 1. The van der Waals surface area contributed by atoms with Gasteiger partial charge in [-0.25, -0.2) is 5.01 Å². The van der Waals surface area contributed by atoms with E-state index in [1.165, 1.54) is 6.08 Å². The molecule has 2 aliphatic rings. The van der Waals surface area contributed by atoms with Gasteiger partial charge in [-0.2, -0.15) is 0 Å². The summed E-state index contributed by atoms with van der Waals surface area (Å²) >= 11 is 0. The smallest absolute Gasteiger partial charge is 0.410 e. The highest BCUT2D eigenvalue weighted by Gasteiger charge is 2.31. The molecule has 0 aliphatic carbocycles. The van der Waals surface area contributed by atoms with Gasteiger partial charge in [0, 0.05) is 88.2 Å². The molecule has 2 aliphatic heterocycles. The van der Waals surface area contributed by atoms with E-state index in [4.69, 9.17) is 4.99 Å². The number of halogens is 3. The fraction of sp³-hybridized carbons (Fsp3) is 0.500. The van der Waals surface area contributed by atoms with E-state index >= 15 is 0 Å². The number of benzene rings is 1. The number of rotatable bonds is 19. The number of ether oxygens (including phenoxy) is 1. The second-order valence-electron chi connectivity index (χ2n) is 16.1. The number of nitrogens with zero attached hydrogens (tertiary/aromatic N) is 5. The fourth-order valence-electron chi connectivity index (χ4n) is 7.23. The van der Waals surface area contributed by atoms with Gasteiger partial charge in [0.2, 0.25) is 5.91 Å². The Morgan fingerprint density at radius 1 is 1.03 bits per heavy atom. The van der Waals surface area contributed by atoms with Gasteiger partial charge in [0.25, 0.3) is 0 Å². The molecule has 0 radical (unpaired) electrons. The first-order valence-corrected chi connectivity index (χ1v) is 23.8. The zero-order valence-corrected chi connectivity index (χ0v) is 41.8. The van der Waals surface area contributed by atoms with Crippen molar-refractivity contribution in [3.05, 3.63) is 134 Å². The summed E-state index contributed by atoms with van der Waals surface area (Å²) < 4.78 is 42.1. The normalized spacial score (nSPS) is 16.8. The lowest BCUT2D eigenvalue weighted by Crippen LogP contribution is -2.46. The number of hydrazine groups is 1. The summed E-state index contributed by atoms with van der Waals surface area (Å²) in [6.07, 6.45) is 20.2. The molecule has 66 heavy (non-hydrogen) atoms. The highest BCUT2D eigenvalue weighted by molar-refractivity contribution is 5.94. The van der Waals surface area contributed by atoms with Crippen LogP contribution in [0.4, 0.5) is 18.9 Å². The van der Waals surface area contributed by atoms with Crippen molar-refractivity contribution < 1.29 is 22.7 Å². The molecule has 12 heteroatoms. The lowest BCUT2D eigenvalue weighted by molar-refractivity contribution is -0.306. The third kappa shape index (κ3) is 24.4. The number of aromatic nitrogens is 1. The molecule has 2 atom stereocenters. The van der Waals surface area contributed by atoms with Gasteiger partial charge in [-0.1, -0.05) is 101 Å². The lowest BCUT2D eigenvalue weighted by atomic mass is 9.97. The largest absolute Gasteiger partial charge is 0.572 e. The van der Waals surface area contributed by atoms with Crippen LogP contribution < -0.4 is 15.6 Å². The molecular formula is C54H82F3N7O2. The van der Waals surface area contributed by atoms with Crippen LogP contribution >= 0.6 is 0 Å². The standard InChI is InChI=1S/C46H64F3N7O2.2C3H6.C2H6/c1-7-13-43(58-46(47,48)49)19-9-14-35(3)31-36(4)37(5)45(57)53-41-22-28-55(29-23-41)34-38-15-11-25-51-44(21-20-38)52-26-30-56(27-8-2)54(6)42-18-10-16-39(32-42)40-17-12-24-50-33-40;2*1-3-2;1-2/h9-18,20-21,24,32-33,35,38,41H,7-8,19,22-23,25-31,34H2,1-6H3,(H,51,52)(H,53,57);2*3H,1H2,2H3;1-2H3/b14-9-,15-11?,21-20-,37-36+,43-13+;;;. The fourth-order valence-corrected chi connectivity index (χ4v) is 7.23. The van der Waals surface area contributed by atoms with Gasteiger partial charge in [-0.05, 0) is 102 Å². The van der Waals surface area contributed by atoms with Crippen LogP contribution in [-0.4, -0.2) is 91.9 Å². The number of amides is 1. The number of hydrogen-bond acceptors (Lipinski definition) is 8. The second kappa shape index (κ2) is 34.2. The van der Waals surface area contributed by atoms with E-state index in [0.717, 1.165) is 86.8 Å². The highest BCUT2D eigenvalue weighted by Crippen LogP contribution is 2.26. The van der Waals surface area contributed by atoms with Crippen LogP contribution in [0.3, 0.4) is 0 Å². The van der Waals surface area contributed by atoms with E-state index in [1.54, 1.807) is 31.3 Å². The number of alkyl halides is 3. The minimum Gasteiger partial charge on any atom is -0.410 e. The second-order valence-corrected chi connectivity index (χ2v) is 16.1. The number of carbonyl (C=O) groups is 1. The van der Waals surface area contributed by atoms with Crippen molar-refractivity contribution in [2.24, 2.45) is 16.8 Å². The summed E-state index contributed by atoms with van der Waals surface area (Å²) in [4.78, 5) is 24.7. The SMILES string of the molecule is C=CC.C=CC.CC.CC/C=C(\C/C=C\C(C)C/C(C)=C(\C)C(=O)NC1CCN(CC2C=CCN=C(NCCN(CCC)N(C)c3cccc(-c4cccnc4)c3)/C=C\2)CC1)OC(F)(F)F. The molecule has 3 heterocycles. The van der Waals surface area contributed by atoms with Crippen molar-refractivity contribution in [2.75, 3.05) is 57.9 Å². The Kier molecular flexibility index (Phi) is 30.4. The minimum absolute atomic E-state index is 0.0523. The minimum atomic E-state index is -4.70. The van der Waals surface area contributed by atoms with Crippen LogP contribution in [-0.2, 0) is 9.53 Å². The Balaban J connectivity index is 0.00000254. The zero-order valence-electron chi connectivity index (χ0n) is 41.8. The summed E-state index contributed by atoms with van der Waals surface area (Å²) in [5.41, 5.74) is 5.04. The first-order valence-electron chi connectivity index (χ1n) is 23.8. The van der Waals surface area contributed by atoms with Crippen molar-refractivity contribution >= 4 is 17.4 Å². The Morgan fingerprint density at radius 3 is 2.33 bits per heavy atom. The lowest BCUT2D eigenvalue weighted by Gasteiger charge is -2.34. The van der Waals surface area contributed by atoms with Crippen molar-refractivity contribution in [1.82, 2.24) is 25.5 Å². The van der Waals surface area contributed by atoms with Gasteiger partial charge in [0.15, 0.2) is 0 Å². The zero-order chi connectivity index (χ0) is 49.3. The van der Waals surface area contributed by atoms with Gasteiger partial charge >= 0.3 is 6.36 Å². The van der Waals surface area contributed by atoms with E-state index in [1.807, 2.05) is 66.8 Å². The third-order valence-electron chi connectivity index (χ3n) is 10.5. The molecule has 1 aromatic heterocycles. The van der Waals surface area contributed by atoms with Gasteiger partial charge in [-0.3, -0.25) is 14.8 Å². The number of nitrogens with one attached hydrogen (secondary N) is 2. The van der Waals surface area contributed by atoms with E-state index in [2.05, 4.69) is 117 Å².